The Labute approximate surface area is 178 Å². The maximum Gasteiger partial charge on any atom is 0.192 e. The molecule has 0 saturated carbocycles. The maximum absolute atomic E-state index is 5.50. The van der Waals surface area contributed by atoms with Crippen molar-refractivity contribution in [3.8, 4) is 0 Å². The molecule has 5 rings (SSSR count). The molecule has 0 aliphatic carbocycles. The second kappa shape index (κ2) is 7.98. The van der Waals surface area contributed by atoms with Crippen LogP contribution in [0.5, 0.6) is 0 Å². The van der Waals surface area contributed by atoms with Gasteiger partial charge in [0.05, 0.1) is 23.8 Å². The highest BCUT2D eigenvalue weighted by atomic mass is 16.6. The molecule has 8 heteroatoms. The fraction of sp³-hybridized carbons (Fsp3) is 0.174. The van der Waals surface area contributed by atoms with Gasteiger partial charge in [0.2, 0.25) is 0 Å². The first-order chi connectivity index (χ1) is 15.2. The monoisotopic (exact) mass is 411 g/mol. The Morgan fingerprint density at radius 3 is 2.65 bits per heavy atom. The number of oxime groups is 1. The zero-order chi connectivity index (χ0) is 21.2. The third-order valence-electron chi connectivity index (χ3n) is 5.06. The van der Waals surface area contributed by atoms with Gasteiger partial charge in [-0.3, -0.25) is 0 Å². The van der Waals surface area contributed by atoms with Gasteiger partial charge in [0.1, 0.15) is 6.33 Å². The van der Waals surface area contributed by atoms with Crippen molar-refractivity contribution >= 4 is 22.4 Å². The standard InChI is InChI=1S/C23H21N7O/c1-16-8-10-19(11-9-16)17(2)28-31-14-21-26-23-20-12-25-29(13-18-6-4-3-5-7-18)22(20)24-15-30(23)27-21/h3-12,15H,13-14H2,1-2H3. The average molecular weight is 411 g/mol. The first kappa shape index (κ1) is 18.9. The van der Waals surface area contributed by atoms with E-state index in [0.29, 0.717) is 18.0 Å². The zero-order valence-electron chi connectivity index (χ0n) is 17.3. The molecule has 0 amide bonds. The van der Waals surface area contributed by atoms with E-state index in [1.165, 1.54) is 5.56 Å². The van der Waals surface area contributed by atoms with Crippen LogP contribution in [-0.2, 0) is 18.0 Å². The second-order valence-electron chi connectivity index (χ2n) is 7.38. The summed E-state index contributed by atoms with van der Waals surface area (Å²) >= 11 is 0. The van der Waals surface area contributed by atoms with Crippen molar-refractivity contribution < 1.29 is 4.84 Å². The molecule has 3 aromatic heterocycles. The van der Waals surface area contributed by atoms with Crippen molar-refractivity contribution in [3.63, 3.8) is 0 Å². The van der Waals surface area contributed by atoms with Gasteiger partial charge >= 0.3 is 0 Å². The highest BCUT2D eigenvalue weighted by Gasteiger charge is 2.13. The molecule has 0 saturated heterocycles. The lowest BCUT2D eigenvalue weighted by molar-refractivity contribution is 0.125. The summed E-state index contributed by atoms with van der Waals surface area (Å²) in [6, 6.07) is 18.3. The van der Waals surface area contributed by atoms with E-state index in [4.69, 9.17) is 4.84 Å². The summed E-state index contributed by atoms with van der Waals surface area (Å²) < 4.78 is 3.51. The normalized spacial score (nSPS) is 12.0. The van der Waals surface area contributed by atoms with Gasteiger partial charge in [-0.25, -0.2) is 19.2 Å². The lowest BCUT2D eigenvalue weighted by Crippen LogP contribution is -2.03. The van der Waals surface area contributed by atoms with E-state index in [1.807, 2.05) is 54.1 Å². The molecule has 0 N–H and O–H groups in total. The van der Waals surface area contributed by atoms with Crippen molar-refractivity contribution in [2.45, 2.75) is 27.0 Å². The second-order valence-corrected chi connectivity index (χ2v) is 7.38. The summed E-state index contributed by atoms with van der Waals surface area (Å²) in [6.45, 7) is 4.78. The third kappa shape index (κ3) is 3.87. The molecule has 0 spiro atoms. The SMILES string of the molecule is CC(=NOCc1nc2c3cnn(Cc4ccccc4)c3ncn2n1)c1ccc(C)cc1. The van der Waals surface area contributed by atoms with Gasteiger partial charge in [-0.05, 0) is 25.0 Å². The quantitative estimate of drug-likeness (QED) is 0.314. The van der Waals surface area contributed by atoms with Crippen molar-refractivity contribution in [1.82, 2.24) is 29.4 Å². The van der Waals surface area contributed by atoms with Gasteiger partial charge < -0.3 is 4.84 Å². The summed E-state index contributed by atoms with van der Waals surface area (Å²) in [4.78, 5) is 14.6. The largest absolute Gasteiger partial charge is 0.387 e. The predicted molar refractivity (Wildman–Crippen MR) is 118 cm³/mol. The molecule has 0 radical (unpaired) electrons. The third-order valence-corrected chi connectivity index (χ3v) is 5.06. The van der Waals surface area contributed by atoms with E-state index in [1.54, 1.807) is 17.0 Å². The lowest BCUT2D eigenvalue weighted by atomic mass is 10.1. The molecule has 2 aromatic carbocycles. The molecule has 31 heavy (non-hydrogen) atoms. The molecular formula is C23H21N7O. The van der Waals surface area contributed by atoms with Crippen LogP contribution in [-0.4, -0.2) is 35.1 Å². The van der Waals surface area contributed by atoms with Gasteiger partial charge in [-0.2, -0.15) is 5.10 Å². The van der Waals surface area contributed by atoms with Crippen LogP contribution in [0.2, 0.25) is 0 Å². The van der Waals surface area contributed by atoms with Crippen LogP contribution in [0.15, 0.2) is 72.3 Å². The van der Waals surface area contributed by atoms with Crippen LogP contribution in [0, 0.1) is 6.92 Å². The fourth-order valence-electron chi connectivity index (χ4n) is 3.38. The molecule has 0 atom stereocenters. The molecule has 3 heterocycles. The summed E-state index contributed by atoms with van der Waals surface area (Å²) in [5.74, 6) is 0.533. The van der Waals surface area contributed by atoms with Crippen molar-refractivity contribution in [2.24, 2.45) is 5.16 Å². The first-order valence-corrected chi connectivity index (χ1v) is 10.0. The molecule has 154 valence electrons. The Kier molecular flexibility index (Phi) is 4.87. The molecule has 0 bridgehead atoms. The summed E-state index contributed by atoms with van der Waals surface area (Å²) in [7, 11) is 0. The van der Waals surface area contributed by atoms with E-state index in [-0.39, 0.29) is 6.61 Å². The van der Waals surface area contributed by atoms with Crippen LogP contribution < -0.4 is 0 Å². The predicted octanol–water partition coefficient (Wildman–Crippen LogP) is 3.77. The minimum Gasteiger partial charge on any atom is -0.387 e. The Morgan fingerprint density at radius 1 is 1.03 bits per heavy atom. The number of aromatic nitrogens is 6. The molecule has 0 aliphatic heterocycles. The van der Waals surface area contributed by atoms with Crippen LogP contribution >= 0.6 is 0 Å². The average Bonchev–Trinajstić information content (AvgIpc) is 3.38. The van der Waals surface area contributed by atoms with Crippen molar-refractivity contribution in [1.29, 1.82) is 0 Å². The number of nitrogens with zero attached hydrogens (tertiary/aromatic N) is 7. The number of hydrogen-bond donors (Lipinski definition) is 0. The lowest BCUT2D eigenvalue weighted by Gasteiger charge is -2.02. The Balaban J connectivity index is 1.35. The summed E-state index contributed by atoms with van der Waals surface area (Å²) in [6.07, 6.45) is 3.43. The Morgan fingerprint density at radius 2 is 1.84 bits per heavy atom. The zero-order valence-corrected chi connectivity index (χ0v) is 17.3. The Bertz CT molecular complexity index is 1370. The molecule has 0 unspecified atom stereocenters. The number of hydrogen-bond acceptors (Lipinski definition) is 6. The van der Waals surface area contributed by atoms with Crippen LogP contribution in [0.3, 0.4) is 0 Å². The topological polar surface area (TPSA) is 82.5 Å². The number of rotatable bonds is 6. The number of benzene rings is 2. The molecular weight excluding hydrogens is 390 g/mol. The highest BCUT2D eigenvalue weighted by molar-refractivity contribution is 5.98. The maximum atomic E-state index is 5.50. The number of aryl methyl sites for hydroxylation is 1. The van der Waals surface area contributed by atoms with E-state index in [2.05, 4.69) is 44.4 Å². The van der Waals surface area contributed by atoms with Gasteiger partial charge in [-0.15, -0.1) is 5.10 Å². The van der Waals surface area contributed by atoms with Crippen molar-refractivity contribution in [2.75, 3.05) is 0 Å². The molecule has 0 aliphatic rings. The molecule has 0 fully saturated rings. The minimum absolute atomic E-state index is 0.171. The van der Waals surface area contributed by atoms with Gasteiger partial charge in [0.25, 0.3) is 0 Å². The highest BCUT2D eigenvalue weighted by Crippen LogP contribution is 2.17. The van der Waals surface area contributed by atoms with Gasteiger partial charge in [0.15, 0.2) is 23.7 Å². The van der Waals surface area contributed by atoms with E-state index < -0.39 is 0 Å². The summed E-state index contributed by atoms with van der Waals surface area (Å²) in [5.41, 5.74) is 5.65. The van der Waals surface area contributed by atoms with Crippen LogP contribution in [0.25, 0.3) is 16.7 Å². The summed E-state index contributed by atoms with van der Waals surface area (Å²) in [5, 5.41) is 14.0. The fourth-order valence-corrected chi connectivity index (χ4v) is 3.38. The van der Waals surface area contributed by atoms with E-state index in [9.17, 15) is 0 Å². The first-order valence-electron chi connectivity index (χ1n) is 10.0. The van der Waals surface area contributed by atoms with E-state index >= 15 is 0 Å². The molecule has 8 nitrogen and oxygen atoms in total. The smallest absolute Gasteiger partial charge is 0.192 e. The van der Waals surface area contributed by atoms with Gasteiger partial charge in [0, 0.05) is 0 Å². The van der Waals surface area contributed by atoms with Crippen molar-refractivity contribution in [3.05, 3.63) is 89.6 Å². The molecule has 5 aromatic rings. The van der Waals surface area contributed by atoms with Crippen LogP contribution in [0.4, 0.5) is 0 Å². The Hall–Kier alpha value is -4.07. The van der Waals surface area contributed by atoms with Crippen LogP contribution in [0.1, 0.15) is 29.4 Å². The van der Waals surface area contributed by atoms with E-state index in [0.717, 1.165) is 27.9 Å². The van der Waals surface area contributed by atoms with Gasteiger partial charge in [-0.1, -0.05) is 65.3 Å². The number of fused-ring (bicyclic) bond motifs is 3. The minimum atomic E-state index is 0.171.